The van der Waals surface area contributed by atoms with Gasteiger partial charge in [-0.1, -0.05) is 41.6 Å². The van der Waals surface area contributed by atoms with E-state index in [0.717, 1.165) is 34.2 Å². The standard InChI is InChI=1S/C26H27N5O2S/c1-18-7-11-22(12-8-18)31-24(16-27-20-9-13-23(33-3)14-10-20)29-30-26(31)34-17-25(32)28-21-6-4-5-19(2)15-21/h4-15,27H,16-17H2,1-3H3,(H,28,32). The van der Waals surface area contributed by atoms with E-state index in [-0.39, 0.29) is 11.7 Å². The molecule has 0 saturated carbocycles. The topological polar surface area (TPSA) is 81.1 Å². The fourth-order valence-corrected chi connectivity index (χ4v) is 4.17. The molecule has 4 aromatic rings. The van der Waals surface area contributed by atoms with Gasteiger partial charge in [-0.2, -0.15) is 0 Å². The maximum atomic E-state index is 12.5. The van der Waals surface area contributed by atoms with Crippen LogP contribution in [0.3, 0.4) is 0 Å². The summed E-state index contributed by atoms with van der Waals surface area (Å²) >= 11 is 1.36. The predicted octanol–water partition coefficient (Wildman–Crippen LogP) is 5.24. The average Bonchev–Trinajstić information content (AvgIpc) is 3.25. The number of nitrogens with zero attached hydrogens (tertiary/aromatic N) is 3. The average molecular weight is 474 g/mol. The van der Waals surface area contributed by atoms with Crippen LogP contribution in [0.2, 0.25) is 0 Å². The number of nitrogens with one attached hydrogen (secondary N) is 2. The van der Waals surface area contributed by atoms with Crippen LogP contribution in [0.5, 0.6) is 5.75 Å². The number of thioether (sulfide) groups is 1. The molecule has 4 rings (SSSR count). The normalized spacial score (nSPS) is 10.7. The third-order valence-electron chi connectivity index (χ3n) is 5.17. The van der Waals surface area contributed by atoms with Crippen LogP contribution < -0.4 is 15.4 Å². The van der Waals surface area contributed by atoms with Gasteiger partial charge in [0.2, 0.25) is 5.91 Å². The molecule has 0 aliphatic rings. The van der Waals surface area contributed by atoms with Crippen molar-refractivity contribution in [3.05, 3.63) is 89.7 Å². The number of methoxy groups -OCH3 is 1. The maximum Gasteiger partial charge on any atom is 0.234 e. The Bertz CT molecular complexity index is 1250. The highest BCUT2D eigenvalue weighted by Crippen LogP contribution is 2.24. The van der Waals surface area contributed by atoms with E-state index in [1.807, 2.05) is 79.1 Å². The molecule has 0 fully saturated rings. The molecule has 1 amide bonds. The van der Waals surface area contributed by atoms with E-state index in [9.17, 15) is 4.79 Å². The van der Waals surface area contributed by atoms with Crippen LogP contribution in [0.15, 0.2) is 78.0 Å². The van der Waals surface area contributed by atoms with Crippen molar-refractivity contribution in [3.8, 4) is 11.4 Å². The molecular weight excluding hydrogens is 446 g/mol. The molecule has 2 N–H and O–H groups in total. The molecule has 0 saturated heterocycles. The molecule has 174 valence electrons. The quantitative estimate of drug-likeness (QED) is 0.324. The molecule has 0 bridgehead atoms. The van der Waals surface area contributed by atoms with E-state index in [0.29, 0.717) is 11.7 Å². The lowest BCUT2D eigenvalue weighted by atomic mass is 10.2. The van der Waals surface area contributed by atoms with Gasteiger partial charge in [0.25, 0.3) is 0 Å². The van der Waals surface area contributed by atoms with Gasteiger partial charge < -0.3 is 15.4 Å². The van der Waals surface area contributed by atoms with Crippen LogP contribution in [0, 0.1) is 13.8 Å². The monoisotopic (exact) mass is 473 g/mol. The zero-order valence-corrected chi connectivity index (χ0v) is 20.2. The third kappa shape index (κ3) is 5.96. The molecule has 0 atom stereocenters. The second-order valence-corrected chi connectivity index (χ2v) is 8.80. The van der Waals surface area contributed by atoms with Crippen molar-refractivity contribution in [2.75, 3.05) is 23.5 Å². The van der Waals surface area contributed by atoms with E-state index in [1.54, 1.807) is 7.11 Å². The lowest BCUT2D eigenvalue weighted by molar-refractivity contribution is -0.113. The van der Waals surface area contributed by atoms with Crippen molar-refractivity contribution in [1.29, 1.82) is 0 Å². The lowest BCUT2D eigenvalue weighted by Crippen LogP contribution is -2.15. The van der Waals surface area contributed by atoms with Gasteiger partial charge in [0.1, 0.15) is 5.75 Å². The van der Waals surface area contributed by atoms with E-state index in [4.69, 9.17) is 4.74 Å². The molecule has 0 aliphatic carbocycles. The van der Waals surface area contributed by atoms with Gasteiger partial charge in [0.15, 0.2) is 11.0 Å². The van der Waals surface area contributed by atoms with Crippen LogP contribution >= 0.6 is 11.8 Å². The number of hydrogen-bond acceptors (Lipinski definition) is 6. The Morgan fingerprint density at radius 1 is 0.941 bits per heavy atom. The fraction of sp³-hybridized carbons (Fsp3) is 0.192. The number of rotatable bonds is 9. The van der Waals surface area contributed by atoms with Crippen molar-refractivity contribution in [3.63, 3.8) is 0 Å². The highest BCUT2D eigenvalue weighted by atomic mass is 32.2. The number of aryl methyl sites for hydroxylation is 2. The SMILES string of the molecule is COc1ccc(NCc2nnc(SCC(=O)Nc3cccc(C)c3)n2-c2ccc(C)cc2)cc1. The van der Waals surface area contributed by atoms with Gasteiger partial charge in [-0.15, -0.1) is 10.2 Å². The van der Waals surface area contributed by atoms with E-state index in [2.05, 4.69) is 33.0 Å². The molecular formula is C26H27N5O2S. The minimum atomic E-state index is -0.0908. The molecule has 7 nitrogen and oxygen atoms in total. The van der Waals surface area contributed by atoms with Gasteiger partial charge in [0.05, 0.1) is 19.4 Å². The Hall–Kier alpha value is -3.78. The van der Waals surface area contributed by atoms with Crippen molar-refractivity contribution < 1.29 is 9.53 Å². The summed E-state index contributed by atoms with van der Waals surface area (Å²) in [6.07, 6.45) is 0. The molecule has 3 aromatic carbocycles. The van der Waals surface area contributed by atoms with E-state index >= 15 is 0 Å². The fourth-order valence-electron chi connectivity index (χ4n) is 3.40. The first-order valence-electron chi connectivity index (χ1n) is 10.9. The first kappa shape index (κ1) is 23.4. The van der Waals surface area contributed by atoms with E-state index < -0.39 is 0 Å². The number of aromatic nitrogens is 3. The van der Waals surface area contributed by atoms with Gasteiger partial charge in [-0.3, -0.25) is 9.36 Å². The molecule has 0 aliphatic heterocycles. The third-order valence-corrected chi connectivity index (χ3v) is 6.10. The second-order valence-electron chi connectivity index (χ2n) is 7.86. The van der Waals surface area contributed by atoms with Gasteiger partial charge in [0, 0.05) is 17.1 Å². The molecule has 1 aromatic heterocycles. The number of carbonyl (C=O) groups excluding carboxylic acids is 1. The molecule has 0 unspecified atom stereocenters. The molecule has 1 heterocycles. The van der Waals surface area contributed by atoms with Crippen molar-refractivity contribution in [2.45, 2.75) is 25.5 Å². The second kappa shape index (κ2) is 10.9. The Kier molecular flexibility index (Phi) is 7.49. The first-order chi connectivity index (χ1) is 16.5. The largest absolute Gasteiger partial charge is 0.497 e. The number of anilines is 2. The Balaban J connectivity index is 1.50. The van der Waals surface area contributed by atoms with Gasteiger partial charge >= 0.3 is 0 Å². The summed E-state index contributed by atoms with van der Waals surface area (Å²) in [6, 6.07) is 23.6. The lowest BCUT2D eigenvalue weighted by Gasteiger charge is -2.12. The molecule has 0 radical (unpaired) electrons. The molecule has 0 spiro atoms. The number of carbonyl (C=O) groups is 1. The summed E-state index contributed by atoms with van der Waals surface area (Å²) in [5.41, 5.74) is 4.95. The van der Waals surface area contributed by atoms with Crippen LogP contribution in [0.25, 0.3) is 5.69 Å². The summed E-state index contributed by atoms with van der Waals surface area (Å²) in [5.74, 6) is 1.69. The maximum absolute atomic E-state index is 12.5. The Morgan fingerprint density at radius 2 is 1.71 bits per heavy atom. The van der Waals surface area contributed by atoms with Crippen molar-refractivity contribution in [2.24, 2.45) is 0 Å². The summed E-state index contributed by atoms with van der Waals surface area (Å²) < 4.78 is 7.21. The predicted molar refractivity (Wildman–Crippen MR) is 137 cm³/mol. The highest BCUT2D eigenvalue weighted by Gasteiger charge is 2.16. The van der Waals surface area contributed by atoms with E-state index in [1.165, 1.54) is 17.3 Å². The van der Waals surface area contributed by atoms with Crippen LogP contribution in [-0.4, -0.2) is 33.5 Å². The Morgan fingerprint density at radius 3 is 2.41 bits per heavy atom. The minimum absolute atomic E-state index is 0.0908. The summed E-state index contributed by atoms with van der Waals surface area (Å²) in [4.78, 5) is 12.5. The summed E-state index contributed by atoms with van der Waals surface area (Å²) in [5, 5.41) is 15.8. The van der Waals surface area contributed by atoms with Crippen LogP contribution in [-0.2, 0) is 11.3 Å². The number of ether oxygens (including phenoxy) is 1. The summed E-state index contributed by atoms with van der Waals surface area (Å²) in [7, 11) is 1.65. The molecule has 34 heavy (non-hydrogen) atoms. The minimum Gasteiger partial charge on any atom is -0.497 e. The smallest absolute Gasteiger partial charge is 0.234 e. The van der Waals surface area contributed by atoms with Crippen LogP contribution in [0.1, 0.15) is 17.0 Å². The van der Waals surface area contributed by atoms with Crippen molar-refractivity contribution in [1.82, 2.24) is 14.8 Å². The molecule has 8 heteroatoms. The van der Waals surface area contributed by atoms with Gasteiger partial charge in [-0.05, 0) is 67.9 Å². The first-order valence-corrected chi connectivity index (χ1v) is 11.9. The van der Waals surface area contributed by atoms with Crippen molar-refractivity contribution >= 4 is 29.0 Å². The number of benzene rings is 3. The number of hydrogen-bond donors (Lipinski definition) is 2. The Labute approximate surface area is 203 Å². The zero-order chi connectivity index (χ0) is 23.9. The zero-order valence-electron chi connectivity index (χ0n) is 19.4. The highest BCUT2D eigenvalue weighted by molar-refractivity contribution is 7.99. The summed E-state index contributed by atoms with van der Waals surface area (Å²) in [6.45, 7) is 4.52. The van der Waals surface area contributed by atoms with Gasteiger partial charge in [-0.25, -0.2) is 0 Å². The van der Waals surface area contributed by atoms with Crippen LogP contribution in [0.4, 0.5) is 11.4 Å². The number of amides is 1.